The molecule has 0 saturated carbocycles. The minimum Gasteiger partial charge on any atom is -0.396 e. The van der Waals surface area contributed by atoms with E-state index < -0.39 is 0 Å². The van der Waals surface area contributed by atoms with Crippen LogP contribution >= 0.6 is 0 Å². The summed E-state index contributed by atoms with van der Waals surface area (Å²) in [4.78, 5) is 4.17. The van der Waals surface area contributed by atoms with Gasteiger partial charge in [0.25, 0.3) is 0 Å². The van der Waals surface area contributed by atoms with Crippen LogP contribution in [0.5, 0.6) is 0 Å². The molecule has 2 rings (SSSR count). The van der Waals surface area contributed by atoms with Crippen molar-refractivity contribution >= 4 is 5.69 Å². The first kappa shape index (κ1) is 7.79. The normalized spacial score (nSPS) is 10.2. The molecule has 0 unspecified atom stereocenters. The van der Waals surface area contributed by atoms with Crippen molar-refractivity contribution in [3.05, 3.63) is 36.3 Å². The number of nitrogen functional groups attached to an aromatic ring is 1. The molecule has 0 aliphatic rings. The van der Waals surface area contributed by atoms with Gasteiger partial charge in [-0.15, -0.1) is 0 Å². The zero-order valence-corrected chi connectivity index (χ0v) is 7.31. The molecule has 2 aromatic heterocycles. The number of aryl methyl sites for hydroxylation is 1. The maximum absolute atomic E-state index is 5.54. The van der Waals surface area contributed by atoms with E-state index >= 15 is 0 Å². The SMILES string of the molecule is Cc1ccnc(-n2cc(N)cn2)c1. The molecule has 0 spiro atoms. The molecule has 0 aromatic carbocycles. The van der Waals surface area contributed by atoms with Gasteiger partial charge in [0.1, 0.15) is 0 Å². The number of hydrogen-bond acceptors (Lipinski definition) is 3. The van der Waals surface area contributed by atoms with E-state index in [9.17, 15) is 0 Å². The van der Waals surface area contributed by atoms with Crippen LogP contribution in [0.1, 0.15) is 5.56 Å². The van der Waals surface area contributed by atoms with Crippen molar-refractivity contribution in [1.29, 1.82) is 0 Å². The minimum atomic E-state index is 0.642. The molecule has 0 fully saturated rings. The lowest BCUT2D eigenvalue weighted by Gasteiger charge is -1.99. The van der Waals surface area contributed by atoms with Gasteiger partial charge in [-0.1, -0.05) is 0 Å². The zero-order chi connectivity index (χ0) is 9.26. The molecule has 0 radical (unpaired) electrons. The standard InChI is InChI=1S/C9H10N4/c1-7-2-3-11-9(4-7)13-6-8(10)5-12-13/h2-6H,10H2,1H3. The lowest BCUT2D eigenvalue weighted by atomic mass is 10.3. The Hall–Kier alpha value is -1.84. The summed E-state index contributed by atoms with van der Waals surface area (Å²) in [7, 11) is 0. The molecule has 4 nitrogen and oxygen atoms in total. The lowest BCUT2D eigenvalue weighted by Crippen LogP contribution is -1.97. The molecule has 2 heterocycles. The molecule has 2 N–H and O–H groups in total. The fourth-order valence-electron chi connectivity index (χ4n) is 1.11. The van der Waals surface area contributed by atoms with Crippen molar-refractivity contribution in [2.45, 2.75) is 6.92 Å². The maximum Gasteiger partial charge on any atom is 0.153 e. The van der Waals surface area contributed by atoms with E-state index in [1.54, 1.807) is 23.3 Å². The van der Waals surface area contributed by atoms with Crippen LogP contribution in [0.15, 0.2) is 30.7 Å². The maximum atomic E-state index is 5.54. The van der Waals surface area contributed by atoms with Crippen molar-refractivity contribution in [2.24, 2.45) is 0 Å². The Balaban J connectivity index is 2.46. The number of anilines is 1. The van der Waals surface area contributed by atoms with Crippen LogP contribution < -0.4 is 5.73 Å². The average molecular weight is 174 g/mol. The smallest absolute Gasteiger partial charge is 0.153 e. The molecule has 0 aliphatic heterocycles. The average Bonchev–Trinajstić information content (AvgIpc) is 2.52. The molecule has 0 aliphatic carbocycles. The van der Waals surface area contributed by atoms with Crippen molar-refractivity contribution in [2.75, 3.05) is 5.73 Å². The molecule has 2 aromatic rings. The van der Waals surface area contributed by atoms with E-state index in [2.05, 4.69) is 10.1 Å². The highest BCUT2D eigenvalue weighted by Crippen LogP contribution is 2.07. The predicted molar refractivity (Wildman–Crippen MR) is 50.5 cm³/mol. The highest BCUT2D eigenvalue weighted by atomic mass is 15.3. The third-order valence-corrected chi connectivity index (χ3v) is 1.74. The molecular weight excluding hydrogens is 164 g/mol. The molecule has 66 valence electrons. The summed E-state index contributed by atoms with van der Waals surface area (Å²) in [6.07, 6.45) is 5.09. The molecule has 4 heteroatoms. The molecule has 0 saturated heterocycles. The Bertz CT molecular complexity index is 419. The minimum absolute atomic E-state index is 0.642. The van der Waals surface area contributed by atoms with Gasteiger partial charge in [-0.25, -0.2) is 9.67 Å². The van der Waals surface area contributed by atoms with Gasteiger partial charge in [0.15, 0.2) is 5.82 Å². The van der Waals surface area contributed by atoms with Crippen LogP contribution in [0.3, 0.4) is 0 Å². The van der Waals surface area contributed by atoms with E-state index in [1.165, 1.54) is 0 Å². The summed E-state index contributed by atoms with van der Waals surface area (Å²) in [6, 6.07) is 3.89. The van der Waals surface area contributed by atoms with E-state index in [-0.39, 0.29) is 0 Å². The Morgan fingerprint density at radius 2 is 2.31 bits per heavy atom. The Morgan fingerprint density at radius 1 is 1.46 bits per heavy atom. The summed E-state index contributed by atoms with van der Waals surface area (Å²) in [5.41, 5.74) is 7.34. The fraction of sp³-hybridized carbons (Fsp3) is 0.111. The highest BCUT2D eigenvalue weighted by molar-refractivity contribution is 5.35. The Morgan fingerprint density at radius 3 is 2.92 bits per heavy atom. The number of nitrogens with two attached hydrogens (primary N) is 1. The van der Waals surface area contributed by atoms with Crippen LogP contribution in [0.25, 0.3) is 5.82 Å². The fourth-order valence-corrected chi connectivity index (χ4v) is 1.11. The molecular formula is C9H10N4. The number of pyridine rings is 1. The largest absolute Gasteiger partial charge is 0.396 e. The van der Waals surface area contributed by atoms with Crippen molar-refractivity contribution < 1.29 is 0 Å². The molecule has 0 amide bonds. The van der Waals surface area contributed by atoms with E-state index in [0.29, 0.717) is 5.69 Å². The van der Waals surface area contributed by atoms with Gasteiger partial charge in [-0.05, 0) is 24.6 Å². The summed E-state index contributed by atoms with van der Waals surface area (Å²) in [5.74, 6) is 0.789. The Kier molecular flexibility index (Phi) is 1.73. The third kappa shape index (κ3) is 1.51. The number of nitrogens with zero attached hydrogens (tertiary/aromatic N) is 3. The number of hydrogen-bond donors (Lipinski definition) is 1. The number of aromatic nitrogens is 3. The van der Waals surface area contributed by atoms with Crippen LogP contribution in [-0.4, -0.2) is 14.8 Å². The van der Waals surface area contributed by atoms with Gasteiger partial charge in [-0.3, -0.25) is 0 Å². The van der Waals surface area contributed by atoms with Crippen molar-refractivity contribution in [1.82, 2.24) is 14.8 Å². The summed E-state index contributed by atoms with van der Waals surface area (Å²) < 4.78 is 1.66. The van der Waals surface area contributed by atoms with Gasteiger partial charge in [0, 0.05) is 6.20 Å². The molecule has 0 bridgehead atoms. The third-order valence-electron chi connectivity index (χ3n) is 1.74. The van der Waals surface area contributed by atoms with E-state index in [4.69, 9.17) is 5.73 Å². The van der Waals surface area contributed by atoms with Crippen molar-refractivity contribution in [3.8, 4) is 5.82 Å². The molecule has 13 heavy (non-hydrogen) atoms. The monoisotopic (exact) mass is 174 g/mol. The van der Waals surface area contributed by atoms with E-state index in [0.717, 1.165) is 11.4 Å². The summed E-state index contributed by atoms with van der Waals surface area (Å²) in [6.45, 7) is 2.01. The van der Waals surface area contributed by atoms with Crippen LogP contribution in [0.2, 0.25) is 0 Å². The van der Waals surface area contributed by atoms with E-state index in [1.807, 2.05) is 19.1 Å². The predicted octanol–water partition coefficient (Wildman–Crippen LogP) is 1.16. The summed E-state index contributed by atoms with van der Waals surface area (Å²) in [5, 5.41) is 4.06. The second-order valence-electron chi connectivity index (χ2n) is 2.91. The first-order valence-corrected chi connectivity index (χ1v) is 3.99. The second kappa shape index (κ2) is 2.90. The van der Waals surface area contributed by atoms with Gasteiger partial charge >= 0.3 is 0 Å². The van der Waals surface area contributed by atoms with Gasteiger partial charge in [-0.2, -0.15) is 5.10 Å². The Labute approximate surface area is 76.0 Å². The second-order valence-corrected chi connectivity index (χ2v) is 2.91. The van der Waals surface area contributed by atoms with Crippen LogP contribution in [-0.2, 0) is 0 Å². The van der Waals surface area contributed by atoms with Crippen molar-refractivity contribution in [3.63, 3.8) is 0 Å². The lowest BCUT2D eigenvalue weighted by molar-refractivity contribution is 0.845. The van der Waals surface area contributed by atoms with Gasteiger partial charge in [0.05, 0.1) is 18.1 Å². The van der Waals surface area contributed by atoms with Gasteiger partial charge < -0.3 is 5.73 Å². The summed E-state index contributed by atoms with van der Waals surface area (Å²) >= 11 is 0. The first-order valence-electron chi connectivity index (χ1n) is 3.99. The zero-order valence-electron chi connectivity index (χ0n) is 7.31. The number of rotatable bonds is 1. The highest BCUT2D eigenvalue weighted by Gasteiger charge is 1.98. The van der Waals surface area contributed by atoms with Crippen LogP contribution in [0, 0.1) is 6.92 Å². The van der Waals surface area contributed by atoms with Gasteiger partial charge in [0.2, 0.25) is 0 Å². The topological polar surface area (TPSA) is 56.7 Å². The van der Waals surface area contributed by atoms with Crippen LogP contribution in [0.4, 0.5) is 5.69 Å². The quantitative estimate of drug-likeness (QED) is 0.705. The first-order chi connectivity index (χ1) is 6.25. The molecule has 0 atom stereocenters.